The molecule has 0 fully saturated rings. The number of nitrogens with zero attached hydrogens (tertiary/aromatic N) is 1. The molecule has 0 bridgehead atoms. The number of H-pyrrole nitrogens is 1. The number of amides is 1. The molecule has 3 rings (SSSR count). The van der Waals surface area contributed by atoms with Crippen molar-refractivity contribution in [3.05, 3.63) is 52.9 Å². The molecule has 2 aromatic heterocycles. The summed E-state index contributed by atoms with van der Waals surface area (Å²) in [5.41, 5.74) is 9.00. The Hall–Kier alpha value is -2.53. The van der Waals surface area contributed by atoms with Crippen LogP contribution >= 0.6 is 11.6 Å². The Bertz CT molecular complexity index is 841. The van der Waals surface area contributed by atoms with Gasteiger partial charge in [-0.3, -0.25) is 4.79 Å². The van der Waals surface area contributed by atoms with Crippen molar-refractivity contribution in [2.24, 2.45) is 0 Å². The summed E-state index contributed by atoms with van der Waals surface area (Å²) in [6.07, 6.45) is 0. The lowest BCUT2D eigenvalue weighted by molar-refractivity contribution is 0.102. The molecular weight excluding hydrogens is 288 g/mol. The van der Waals surface area contributed by atoms with E-state index < -0.39 is 0 Å². The molecule has 106 valence electrons. The lowest BCUT2D eigenvalue weighted by Crippen LogP contribution is -2.13. The normalized spacial score (nSPS) is 10.8. The molecule has 21 heavy (non-hydrogen) atoms. The van der Waals surface area contributed by atoms with E-state index in [4.69, 9.17) is 17.3 Å². The summed E-state index contributed by atoms with van der Waals surface area (Å²) in [6.45, 7) is 1.79. The molecule has 2 heterocycles. The molecular formula is C15H13ClN4O. The van der Waals surface area contributed by atoms with Gasteiger partial charge >= 0.3 is 0 Å². The van der Waals surface area contributed by atoms with Crippen LogP contribution in [-0.4, -0.2) is 15.9 Å². The first-order chi connectivity index (χ1) is 10.0. The number of aromatic nitrogens is 2. The number of halogens is 1. The van der Waals surface area contributed by atoms with Gasteiger partial charge in [0.2, 0.25) is 0 Å². The minimum absolute atomic E-state index is 0.239. The molecule has 0 saturated carbocycles. The van der Waals surface area contributed by atoms with Crippen molar-refractivity contribution in [3.8, 4) is 0 Å². The van der Waals surface area contributed by atoms with E-state index in [9.17, 15) is 4.79 Å². The maximum atomic E-state index is 12.3. The summed E-state index contributed by atoms with van der Waals surface area (Å²) in [5, 5.41) is 4.10. The highest BCUT2D eigenvalue weighted by Crippen LogP contribution is 2.20. The van der Waals surface area contributed by atoms with Crippen LogP contribution in [0.3, 0.4) is 0 Å². The van der Waals surface area contributed by atoms with Crippen LogP contribution in [0.2, 0.25) is 5.15 Å². The predicted molar refractivity (Wildman–Crippen MR) is 84.6 cm³/mol. The first-order valence-electron chi connectivity index (χ1n) is 6.36. The third-order valence-corrected chi connectivity index (χ3v) is 3.40. The fraction of sp³-hybridized carbons (Fsp3) is 0.0667. The zero-order valence-corrected chi connectivity index (χ0v) is 12.0. The Morgan fingerprint density at radius 1 is 1.29 bits per heavy atom. The molecule has 0 unspecified atom stereocenters. The number of nitrogens with two attached hydrogens (primary N) is 1. The average Bonchev–Trinajstić information content (AvgIpc) is 2.85. The Morgan fingerprint density at radius 2 is 2.10 bits per heavy atom. The van der Waals surface area contributed by atoms with E-state index >= 15 is 0 Å². The van der Waals surface area contributed by atoms with Crippen LogP contribution in [0.15, 0.2) is 36.4 Å². The monoisotopic (exact) mass is 300 g/mol. The smallest absolute Gasteiger partial charge is 0.272 e. The second-order valence-electron chi connectivity index (χ2n) is 4.75. The van der Waals surface area contributed by atoms with E-state index in [0.717, 1.165) is 10.9 Å². The lowest BCUT2D eigenvalue weighted by atomic mass is 10.2. The summed E-state index contributed by atoms with van der Waals surface area (Å²) in [4.78, 5) is 19.4. The molecule has 4 N–H and O–H groups in total. The van der Waals surface area contributed by atoms with Crippen molar-refractivity contribution >= 4 is 39.8 Å². The quantitative estimate of drug-likeness (QED) is 0.501. The van der Waals surface area contributed by atoms with Crippen molar-refractivity contribution in [3.63, 3.8) is 0 Å². The van der Waals surface area contributed by atoms with Gasteiger partial charge in [-0.05, 0) is 43.3 Å². The number of hydrogen-bond donors (Lipinski definition) is 3. The van der Waals surface area contributed by atoms with Gasteiger partial charge < -0.3 is 16.0 Å². The summed E-state index contributed by atoms with van der Waals surface area (Å²) >= 11 is 5.80. The van der Waals surface area contributed by atoms with Gasteiger partial charge in [-0.2, -0.15) is 0 Å². The molecule has 6 heteroatoms. The first kappa shape index (κ1) is 13.5. The number of hydrogen-bond acceptors (Lipinski definition) is 3. The topological polar surface area (TPSA) is 83.8 Å². The van der Waals surface area contributed by atoms with Gasteiger partial charge in [-0.15, -0.1) is 0 Å². The van der Waals surface area contributed by atoms with Crippen molar-refractivity contribution in [2.45, 2.75) is 6.92 Å². The summed E-state index contributed by atoms with van der Waals surface area (Å²) in [7, 11) is 0. The number of rotatable bonds is 2. The molecule has 0 aliphatic carbocycles. The van der Waals surface area contributed by atoms with Gasteiger partial charge in [0.15, 0.2) is 0 Å². The number of aryl methyl sites for hydroxylation is 1. The molecule has 3 aromatic rings. The van der Waals surface area contributed by atoms with Crippen LogP contribution in [-0.2, 0) is 0 Å². The number of benzene rings is 1. The number of fused-ring (bicyclic) bond motifs is 1. The van der Waals surface area contributed by atoms with E-state index in [1.165, 1.54) is 0 Å². The SMILES string of the molecule is Cc1nc(Cl)ccc1NC(=O)c1cc2cc(N)ccc2[nH]1. The number of pyridine rings is 1. The van der Waals surface area contributed by atoms with Crippen molar-refractivity contribution in [2.75, 3.05) is 11.1 Å². The van der Waals surface area contributed by atoms with E-state index in [1.807, 2.05) is 12.1 Å². The zero-order chi connectivity index (χ0) is 15.0. The number of anilines is 2. The van der Waals surface area contributed by atoms with Crippen molar-refractivity contribution in [1.29, 1.82) is 0 Å². The second-order valence-corrected chi connectivity index (χ2v) is 5.14. The summed E-state index contributed by atoms with van der Waals surface area (Å²) in [6, 6.07) is 10.6. The Labute approximate surface area is 126 Å². The van der Waals surface area contributed by atoms with E-state index in [-0.39, 0.29) is 5.91 Å². The zero-order valence-electron chi connectivity index (χ0n) is 11.3. The first-order valence-corrected chi connectivity index (χ1v) is 6.73. The molecule has 1 amide bonds. The summed E-state index contributed by atoms with van der Waals surface area (Å²) < 4.78 is 0. The van der Waals surface area contributed by atoms with Crippen molar-refractivity contribution in [1.82, 2.24) is 9.97 Å². The second kappa shape index (κ2) is 5.10. The number of carbonyl (C=O) groups excluding carboxylic acids is 1. The Balaban J connectivity index is 1.89. The predicted octanol–water partition coefficient (Wildman–Crippen LogP) is 3.36. The van der Waals surface area contributed by atoms with Gasteiger partial charge in [0.25, 0.3) is 5.91 Å². The Morgan fingerprint density at radius 3 is 2.86 bits per heavy atom. The van der Waals surface area contributed by atoms with Crippen molar-refractivity contribution < 1.29 is 4.79 Å². The van der Waals surface area contributed by atoms with Crippen LogP contribution in [0.4, 0.5) is 11.4 Å². The van der Waals surface area contributed by atoms with Crippen LogP contribution < -0.4 is 11.1 Å². The number of carbonyl (C=O) groups is 1. The molecule has 0 aliphatic heterocycles. The van der Waals surface area contributed by atoms with Crippen LogP contribution in [0, 0.1) is 6.92 Å². The molecule has 0 aliphatic rings. The fourth-order valence-electron chi connectivity index (χ4n) is 2.13. The molecule has 0 saturated heterocycles. The van der Waals surface area contributed by atoms with Crippen LogP contribution in [0.1, 0.15) is 16.2 Å². The molecule has 1 aromatic carbocycles. The number of nitrogens with one attached hydrogen (secondary N) is 2. The molecule has 0 spiro atoms. The minimum Gasteiger partial charge on any atom is -0.399 e. The van der Waals surface area contributed by atoms with E-state index in [1.54, 1.807) is 31.2 Å². The van der Waals surface area contributed by atoms with Gasteiger partial charge in [-0.25, -0.2) is 4.98 Å². The molecule has 0 radical (unpaired) electrons. The van der Waals surface area contributed by atoms with Gasteiger partial charge in [0, 0.05) is 16.6 Å². The maximum Gasteiger partial charge on any atom is 0.272 e. The minimum atomic E-state index is -0.239. The standard InChI is InChI=1S/C15H13ClN4O/c1-8-11(4-5-14(16)18-8)20-15(21)13-7-9-6-10(17)2-3-12(9)19-13/h2-7,19H,17H2,1H3,(H,20,21). The molecule has 0 atom stereocenters. The highest BCUT2D eigenvalue weighted by molar-refractivity contribution is 6.29. The van der Waals surface area contributed by atoms with Gasteiger partial charge in [-0.1, -0.05) is 11.6 Å². The van der Waals surface area contributed by atoms with Gasteiger partial charge in [0.1, 0.15) is 10.8 Å². The average molecular weight is 301 g/mol. The van der Waals surface area contributed by atoms with Gasteiger partial charge in [0.05, 0.1) is 11.4 Å². The van der Waals surface area contributed by atoms with E-state index in [0.29, 0.717) is 27.9 Å². The fourth-order valence-corrected chi connectivity index (χ4v) is 2.32. The Kier molecular flexibility index (Phi) is 3.27. The largest absolute Gasteiger partial charge is 0.399 e. The maximum absolute atomic E-state index is 12.3. The third-order valence-electron chi connectivity index (χ3n) is 3.19. The van der Waals surface area contributed by atoms with E-state index in [2.05, 4.69) is 15.3 Å². The number of nitrogen functional groups attached to an aromatic ring is 1. The molecule has 5 nitrogen and oxygen atoms in total. The summed E-state index contributed by atoms with van der Waals surface area (Å²) in [5.74, 6) is -0.239. The number of aromatic amines is 1. The highest BCUT2D eigenvalue weighted by atomic mass is 35.5. The van der Waals surface area contributed by atoms with Crippen LogP contribution in [0.25, 0.3) is 10.9 Å². The highest BCUT2D eigenvalue weighted by Gasteiger charge is 2.11. The lowest BCUT2D eigenvalue weighted by Gasteiger charge is -2.06. The third kappa shape index (κ3) is 2.68. The van der Waals surface area contributed by atoms with Crippen LogP contribution in [0.5, 0.6) is 0 Å².